The van der Waals surface area contributed by atoms with Gasteiger partial charge in [-0.2, -0.15) is 5.10 Å². The summed E-state index contributed by atoms with van der Waals surface area (Å²) in [5, 5.41) is 18.4. The molecule has 0 amide bonds. The maximum atomic E-state index is 10.9. The molecule has 0 atom stereocenters. The Labute approximate surface area is 109 Å². The first-order chi connectivity index (χ1) is 8.58. The molecule has 2 rings (SSSR count). The standard InChI is InChI=1S/C12H15N3O2S/c1-7-3-10(18-8(7)2)6-13-4-9-5-14-15-11(9)12(16)17/h3,5,13H,4,6H2,1-2H3,(H,14,15)(H,16,17). The van der Waals surface area contributed by atoms with E-state index in [1.807, 2.05) is 0 Å². The van der Waals surface area contributed by atoms with Crippen LogP contribution in [-0.2, 0) is 13.1 Å². The van der Waals surface area contributed by atoms with E-state index in [1.165, 1.54) is 15.3 Å². The molecule has 2 aromatic rings. The number of hydrogen-bond acceptors (Lipinski definition) is 4. The van der Waals surface area contributed by atoms with Gasteiger partial charge < -0.3 is 10.4 Å². The Bertz CT molecular complexity index is 540. The van der Waals surface area contributed by atoms with Crippen LogP contribution < -0.4 is 5.32 Å². The number of aromatic nitrogens is 2. The molecule has 0 spiro atoms. The van der Waals surface area contributed by atoms with Gasteiger partial charge in [-0.3, -0.25) is 5.10 Å². The third-order valence-corrected chi connectivity index (χ3v) is 3.92. The van der Waals surface area contributed by atoms with Gasteiger partial charge >= 0.3 is 5.97 Å². The predicted molar refractivity (Wildman–Crippen MR) is 69.9 cm³/mol. The lowest BCUT2D eigenvalue weighted by molar-refractivity contribution is 0.0689. The maximum absolute atomic E-state index is 10.9. The second kappa shape index (κ2) is 5.32. The molecule has 6 heteroatoms. The summed E-state index contributed by atoms with van der Waals surface area (Å²) in [6.45, 7) is 5.42. The average molecular weight is 265 g/mol. The van der Waals surface area contributed by atoms with Gasteiger partial charge in [0, 0.05) is 28.4 Å². The number of thiophene rings is 1. The quantitative estimate of drug-likeness (QED) is 0.773. The van der Waals surface area contributed by atoms with Gasteiger partial charge in [-0.25, -0.2) is 4.79 Å². The van der Waals surface area contributed by atoms with Crippen molar-refractivity contribution < 1.29 is 9.90 Å². The molecule has 0 saturated heterocycles. The lowest BCUT2D eigenvalue weighted by Gasteiger charge is -2.01. The number of aromatic carboxylic acids is 1. The van der Waals surface area contributed by atoms with E-state index in [-0.39, 0.29) is 5.69 Å². The number of hydrogen-bond donors (Lipinski definition) is 3. The van der Waals surface area contributed by atoms with Crippen molar-refractivity contribution in [1.29, 1.82) is 0 Å². The Kier molecular flexibility index (Phi) is 3.78. The number of H-pyrrole nitrogens is 1. The van der Waals surface area contributed by atoms with Crippen LogP contribution in [0.3, 0.4) is 0 Å². The van der Waals surface area contributed by atoms with E-state index in [9.17, 15) is 4.79 Å². The van der Waals surface area contributed by atoms with E-state index in [4.69, 9.17) is 5.11 Å². The first kappa shape index (κ1) is 12.8. The Balaban J connectivity index is 1.92. The zero-order valence-electron chi connectivity index (χ0n) is 10.3. The minimum absolute atomic E-state index is 0.154. The number of nitrogens with one attached hydrogen (secondary N) is 2. The highest BCUT2D eigenvalue weighted by molar-refractivity contribution is 7.12. The zero-order chi connectivity index (χ0) is 13.1. The molecule has 0 saturated carbocycles. The Hall–Kier alpha value is -1.66. The second-order valence-electron chi connectivity index (χ2n) is 4.13. The molecule has 5 nitrogen and oxygen atoms in total. The van der Waals surface area contributed by atoms with Crippen LogP contribution in [0.25, 0.3) is 0 Å². The topological polar surface area (TPSA) is 78.0 Å². The van der Waals surface area contributed by atoms with Gasteiger partial charge in [-0.05, 0) is 25.5 Å². The molecule has 2 heterocycles. The van der Waals surface area contributed by atoms with E-state index >= 15 is 0 Å². The van der Waals surface area contributed by atoms with Crippen molar-refractivity contribution in [3.8, 4) is 0 Å². The van der Waals surface area contributed by atoms with Gasteiger partial charge in [-0.1, -0.05) is 0 Å². The van der Waals surface area contributed by atoms with Gasteiger partial charge in [0.1, 0.15) is 5.69 Å². The molecule has 18 heavy (non-hydrogen) atoms. The van der Waals surface area contributed by atoms with E-state index in [0.717, 1.165) is 6.54 Å². The average Bonchev–Trinajstić information content (AvgIpc) is 2.87. The van der Waals surface area contributed by atoms with Gasteiger partial charge in [0.25, 0.3) is 0 Å². The largest absolute Gasteiger partial charge is 0.477 e. The number of carboxylic acids is 1. The summed E-state index contributed by atoms with van der Waals surface area (Å²) in [6, 6.07) is 2.15. The number of carbonyl (C=O) groups is 1. The number of nitrogens with zero attached hydrogens (tertiary/aromatic N) is 1. The van der Waals surface area contributed by atoms with Crippen LogP contribution in [0.4, 0.5) is 0 Å². The molecule has 0 bridgehead atoms. The molecule has 0 unspecified atom stereocenters. The monoisotopic (exact) mass is 265 g/mol. The fourth-order valence-corrected chi connectivity index (χ4v) is 2.71. The van der Waals surface area contributed by atoms with Crippen LogP contribution in [0.1, 0.15) is 31.4 Å². The summed E-state index contributed by atoms with van der Waals surface area (Å²) in [7, 11) is 0. The smallest absolute Gasteiger partial charge is 0.354 e. The summed E-state index contributed by atoms with van der Waals surface area (Å²) in [6.07, 6.45) is 1.54. The van der Waals surface area contributed by atoms with Gasteiger partial charge in [0.2, 0.25) is 0 Å². The van der Waals surface area contributed by atoms with E-state index in [2.05, 4.69) is 35.4 Å². The summed E-state index contributed by atoms with van der Waals surface area (Å²) in [5.74, 6) is -0.980. The summed E-state index contributed by atoms with van der Waals surface area (Å²) in [5.41, 5.74) is 2.12. The molecule has 0 aromatic carbocycles. The maximum Gasteiger partial charge on any atom is 0.354 e. The molecular formula is C12H15N3O2S. The van der Waals surface area contributed by atoms with E-state index in [0.29, 0.717) is 12.1 Å². The molecule has 2 aromatic heterocycles. The van der Waals surface area contributed by atoms with Crippen LogP contribution in [0.2, 0.25) is 0 Å². The number of rotatable bonds is 5. The van der Waals surface area contributed by atoms with Crippen molar-refractivity contribution in [2.24, 2.45) is 0 Å². The highest BCUT2D eigenvalue weighted by Gasteiger charge is 2.11. The van der Waals surface area contributed by atoms with Crippen molar-refractivity contribution in [3.05, 3.63) is 38.8 Å². The highest BCUT2D eigenvalue weighted by atomic mass is 32.1. The normalized spacial score (nSPS) is 10.8. The fourth-order valence-electron chi connectivity index (χ4n) is 1.69. The Morgan fingerprint density at radius 2 is 2.28 bits per heavy atom. The van der Waals surface area contributed by atoms with Crippen LogP contribution in [-0.4, -0.2) is 21.3 Å². The number of carboxylic acid groups (broad SMARTS) is 1. The van der Waals surface area contributed by atoms with Gasteiger partial charge in [0.15, 0.2) is 0 Å². The van der Waals surface area contributed by atoms with Crippen molar-refractivity contribution in [3.63, 3.8) is 0 Å². The van der Waals surface area contributed by atoms with Crippen molar-refractivity contribution in [2.45, 2.75) is 26.9 Å². The highest BCUT2D eigenvalue weighted by Crippen LogP contribution is 2.20. The molecule has 0 aliphatic heterocycles. The summed E-state index contributed by atoms with van der Waals surface area (Å²) < 4.78 is 0. The minimum Gasteiger partial charge on any atom is -0.477 e. The Morgan fingerprint density at radius 1 is 1.50 bits per heavy atom. The summed E-state index contributed by atoms with van der Waals surface area (Å²) >= 11 is 1.76. The third-order valence-electron chi connectivity index (χ3n) is 2.76. The lowest BCUT2D eigenvalue weighted by atomic mass is 10.2. The molecule has 0 fully saturated rings. The van der Waals surface area contributed by atoms with Crippen LogP contribution >= 0.6 is 11.3 Å². The summed E-state index contributed by atoms with van der Waals surface area (Å²) in [4.78, 5) is 13.4. The molecule has 96 valence electrons. The SMILES string of the molecule is Cc1cc(CNCc2cn[nH]c2C(=O)O)sc1C. The van der Waals surface area contributed by atoms with Crippen molar-refractivity contribution >= 4 is 17.3 Å². The molecule has 0 aliphatic rings. The van der Waals surface area contributed by atoms with E-state index < -0.39 is 5.97 Å². The predicted octanol–water partition coefficient (Wildman–Crippen LogP) is 2.08. The van der Waals surface area contributed by atoms with Crippen LogP contribution in [0.15, 0.2) is 12.3 Å². The van der Waals surface area contributed by atoms with Crippen LogP contribution in [0, 0.1) is 13.8 Å². The van der Waals surface area contributed by atoms with Crippen molar-refractivity contribution in [2.75, 3.05) is 0 Å². The van der Waals surface area contributed by atoms with Gasteiger partial charge in [-0.15, -0.1) is 11.3 Å². The minimum atomic E-state index is -0.980. The fraction of sp³-hybridized carbons (Fsp3) is 0.333. The number of aromatic amines is 1. The first-order valence-corrected chi connectivity index (χ1v) is 6.41. The molecule has 0 radical (unpaired) electrons. The first-order valence-electron chi connectivity index (χ1n) is 5.60. The van der Waals surface area contributed by atoms with Crippen molar-refractivity contribution in [1.82, 2.24) is 15.5 Å². The zero-order valence-corrected chi connectivity index (χ0v) is 11.1. The second-order valence-corrected chi connectivity index (χ2v) is 5.47. The molecule has 0 aliphatic carbocycles. The Morgan fingerprint density at radius 3 is 2.89 bits per heavy atom. The van der Waals surface area contributed by atoms with E-state index in [1.54, 1.807) is 17.5 Å². The number of aryl methyl sites for hydroxylation is 2. The molecular weight excluding hydrogens is 250 g/mol. The lowest BCUT2D eigenvalue weighted by Crippen LogP contribution is -2.14. The molecule has 3 N–H and O–H groups in total. The van der Waals surface area contributed by atoms with Gasteiger partial charge in [0.05, 0.1) is 6.20 Å². The van der Waals surface area contributed by atoms with Crippen LogP contribution in [0.5, 0.6) is 0 Å². The third kappa shape index (κ3) is 2.77.